The predicted molar refractivity (Wildman–Crippen MR) is 123 cm³/mol. The molecule has 0 saturated heterocycles. The molecule has 7 nitrogen and oxygen atoms in total. The van der Waals surface area contributed by atoms with Crippen LogP contribution in [0.4, 0.5) is 9.52 Å². The van der Waals surface area contributed by atoms with Crippen LogP contribution in [0.2, 0.25) is 0 Å². The number of aryl methyl sites for hydroxylation is 1. The number of rotatable bonds is 11. The Morgan fingerprint density at radius 2 is 2.03 bits per heavy atom. The van der Waals surface area contributed by atoms with Gasteiger partial charge in [-0.2, -0.15) is 0 Å². The normalized spacial score (nSPS) is 11.0. The summed E-state index contributed by atoms with van der Waals surface area (Å²) < 4.78 is 15.1. The molecule has 0 radical (unpaired) electrons. The molecule has 2 heterocycles. The summed E-state index contributed by atoms with van der Waals surface area (Å²) in [5.41, 5.74) is 0.932. The molecule has 0 bridgehead atoms. The Labute approximate surface area is 191 Å². The van der Waals surface area contributed by atoms with Gasteiger partial charge < -0.3 is 9.88 Å². The van der Waals surface area contributed by atoms with Crippen molar-refractivity contribution in [2.45, 2.75) is 39.7 Å². The number of carbonyl (C=O) groups excluding carboxylic acids is 2. The fraction of sp³-hybridized carbons (Fsp3) is 0.391. The van der Waals surface area contributed by atoms with Crippen molar-refractivity contribution in [3.63, 3.8) is 0 Å². The lowest BCUT2D eigenvalue weighted by Gasteiger charge is -2.21. The zero-order valence-corrected chi connectivity index (χ0v) is 19.1. The summed E-state index contributed by atoms with van der Waals surface area (Å²) in [4.78, 5) is 35.8. The lowest BCUT2D eigenvalue weighted by Crippen LogP contribution is -2.33. The number of imidazole rings is 1. The monoisotopic (exact) mass is 457 g/mol. The molecule has 0 aliphatic carbocycles. The zero-order chi connectivity index (χ0) is 22.9. The molecule has 0 atom stereocenters. The molecule has 0 unspecified atom stereocenters. The summed E-state index contributed by atoms with van der Waals surface area (Å²) in [6, 6.07) is 6.25. The highest BCUT2D eigenvalue weighted by molar-refractivity contribution is 7.17. The van der Waals surface area contributed by atoms with Crippen LogP contribution in [0.1, 0.15) is 41.9 Å². The maximum Gasteiger partial charge on any atom is 0.263 e. The van der Waals surface area contributed by atoms with E-state index in [2.05, 4.69) is 15.3 Å². The number of aromatic nitrogens is 3. The molecule has 0 fully saturated rings. The minimum Gasteiger partial charge on any atom is -0.351 e. The third-order valence-corrected chi connectivity index (χ3v) is 5.83. The van der Waals surface area contributed by atoms with E-state index in [1.807, 2.05) is 24.6 Å². The minimum atomic E-state index is -0.290. The first kappa shape index (κ1) is 23.6. The van der Waals surface area contributed by atoms with Gasteiger partial charge >= 0.3 is 0 Å². The van der Waals surface area contributed by atoms with Gasteiger partial charge in [-0.25, -0.2) is 14.4 Å². The Balaban J connectivity index is 1.60. The van der Waals surface area contributed by atoms with E-state index in [4.69, 9.17) is 0 Å². The molecular weight excluding hydrogens is 429 g/mol. The summed E-state index contributed by atoms with van der Waals surface area (Å²) in [6.07, 6.45) is 8.60. The maximum absolute atomic E-state index is 13.2. The van der Waals surface area contributed by atoms with E-state index in [-0.39, 0.29) is 23.5 Å². The van der Waals surface area contributed by atoms with Crippen LogP contribution >= 0.6 is 11.3 Å². The van der Waals surface area contributed by atoms with Gasteiger partial charge in [0, 0.05) is 38.4 Å². The Kier molecular flexibility index (Phi) is 8.49. The molecule has 0 spiro atoms. The van der Waals surface area contributed by atoms with E-state index in [9.17, 15) is 14.0 Å². The molecule has 1 aromatic carbocycles. The average Bonchev–Trinajstić information content (AvgIpc) is 3.44. The van der Waals surface area contributed by atoms with Gasteiger partial charge in [0.05, 0.1) is 12.5 Å². The van der Waals surface area contributed by atoms with Crippen LogP contribution in [0.25, 0.3) is 0 Å². The van der Waals surface area contributed by atoms with Crippen molar-refractivity contribution < 1.29 is 14.0 Å². The van der Waals surface area contributed by atoms with Crippen LogP contribution in [0.3, 0.4) is 0 Å². The minimum absolute atomic E-state index is 0.0382. The zero-order valence-electron chi connectivity index (χ0n) is 18.3. The van der Waals surface area contributed by atoms with Crippen LogP contribution in [0.15, 0.2) is 49.2 Å². The second kappa shape index (κ2) is 11.5. The van der Waals surface area contributed by atoms with Gasteiger partial charge in [-0.3, -0.25) is 14.5 Å². The van der Waals surface area contributed by atoms with Crippen molar-refractivity contribution in [3.05, 3.63) is 65.4 Å². The van der Waals surface area contributed by atoms with E-state index >= 15 is 0 Å². The molecule has 3 aromatic rings. The second-order valence-electron chi connectivity index (χ2n) is 7.94. The summed E-state index contributed by atoms with van der Waals surface area (Å²) >= 11 is 1.20. The van der Waals surface area contributed by atoms with Crippen molar-refractivity contribution in [2.75, 3.05) is 18.0 Å². The Morgan fingerprint density at radius 1 is 1.25 bits per heavy atom. The fourth-order valence-corrected chi connectivity index (χ4v) is 4.02. The number of amides is 2. The third-order valence-electron chi connectivity index (χ3n) is 4.81. The van der Waals surface area contributed by atoms with Gasteiger partial charge in [0.15, 0.2) is 5.13 Å². The molecule has 2 amide bonds. The highest BCUT2D eigenvalue weighted by Crippen LogP contribution is 2.24. The van der Waals surface area contributed by atoms with Crippen LogP contribution in [-0.2, 0) is 17.8 Å². The number of halogens is 1. The number of carbonyl (C=O) groups is 2. The molecule has 1 N–H and O–H groups in total. The van der Waals surface area contributed by atoms with Gasteiger partial charge in [-0.1, -0.05) is 37.3 Å². The van der Waals surface area contributed by atoms with Crippen LogP contribution in [0, 0.1) is 11.7 Å². The number of benzene rings is 1. The SMILES string of the molecule is CC(C)CC(=O)N(CCc1ccc(F)cc1)c1ncc(C(=O)NCCCn2ccnc2)s1. The number of hydrogen-bond acceptors (Lipinski definition) is 5. The van der Waals surface area contributed by atoms with E-state index in [1.165, 1.54) is 29.7 Å². The number of nitrogens with zero attached hydrogens (tertiary/aromatic N) is 4. The molecule has 0 saturated carbocycles. The summed E-state index contributed by atoms with van der Waals surface area (Å²) in [5.74, 6) is -0.325. The first-order valence-corrected chi connectivity index (χ1v) is 11.5. The first-order chi connectivity index (χ1) is 15.4. The average molecular weight is 458 g/mol. The van der Waals surface area contributed by atoms with Crippen LogP contribution < -0.4 is 10.2 Å². The number of hydrogen-bond donors (Lipinski definition) is 1. The molecule has 9 heteroatoms. The van der Waals surface area contributed by atoms with Crippen molar-refractivity contribution in [3.8, 4) is 0 Å². The van der Waals surface area contributed by atoms with Crippen LogP contribution in [0.5, 0.6) is 0 Å². The summed E-state index contributed by atoms with van der Waals surface area (Å²) in [7, 11) is 0. The van der Waals surface area contributed by atoms with E-state index in [0.717, 1.165) is 18.5 Å². The molecule has 0 aliphatic heterocycles. The smallest absolute Gasteiger partial charge is 0.263 e. The topological polar surface area (TPSA) is 80.1 Å². The quantitative estimate of drug-likeness (QED) is 0.443. The Morgan fingerprint density at radius 3 is 2.72 bits per heavy atom. The Bertz CT molecular complexity index is 1000. The van der Waals surface area contributed by atoms with Crippen molar-refractivity contribution in [2.24, 2.45) is 5.92 Å². The van der Waals surface area contributed by atoms with Gasteiger partial charge in [0.1, 0.15) is 10.7 Å². The molecule has 0 aliphatic rings. The third kappa shape index (κ3) is 6.98. The molecule has 2 aromatic heterocycles. The molecule has 32 heavy (non-hydrogen) atoms. The first-order valence-electron chi connectivity index (χ1n) is 10.7. The number of thiazole rings is 1. The number of anilines is 1. The van der Waals surface area contributed by atoms with E-state index in [0.29, 0.717) is 35.9 Å². The highest BCUT2D eigenvalue weighted by atomic mass is 32.1. The van der Waals surface area contributed by atoms with E-state index in [1.54, 1.807) is 29.6 Å². The van der Waals surface area contributed by atoms with Crippen molar-refractivity contribution in [1.82, 2.24) is 19.9 Å². The Hall–Kier alpha value is -3.07. The number of nitrogens with one attached hydrogen (secondary N) is 1. The largest absolute Gasteiger partial charge is 0.351 e. The standard InChI is InChI=1S/C23H28FN5O2S/c1-17(2)14-21(30)29(12-8-18-4-6-19(24)7-5-18)23-27-15-20(32-23)22(31)26-9-3-11-28-13-10-25-16-28/h4-7,10,13,15-17H,3,8-9,11-12,14H2,1-2H3,(H,26,31). The van der Waals surface area contributed by atoms with Gasteiger partial charge in [-0.15, -0.1) is 0 Å². The van der Waals surface area contributed by atoms with Crippen LogP contribution in [-0.4, -0.2) is 39.4 Å². The summed E-state index contributed by atoms with van der Waals surface area (Å²) in [6.45, 7) is 5.69. The lowest BCUT2D eigenvalue weighted by atomic mass is 10.1. The lowest BCUT2D eigenvalue weighted by molar-refractivity contribution is -0.119. The second-order valence-corrected chi connectivity index (χ2v) is 8.95. The maximum atomic E-state index is 13.2. The molecular formula is C23H28FN5O2S. The van der Waals surface area contributed by atoms with Gasteiger partial charge in [-0.05, 0) is 36.5 Å². The molecule has 170 valence electrons. The summed E-state index contributed by atoms with van der Waals surface area (Å²) in [5, 5.41) is 3.40. The van der Waals surface area contributed by atoms with Gasteiger partial charge in [0.2, 0.25) is 5.91 Å². The van der Waals surface area contributed by atoms with Crippen molar-refractivity contribution in [1.29, 1.82) is 0 Å². The predicted octanol–water partition coefficient (Wildman–Crippen LogP) is 3.92. The fourth-order valence-electron chi connectivity index (χ4n) is 3.14. The highest BCUT2D eigenvalue weighted by Gasteiger charge is 2.21. The van der Waals surface area contributed by atoms with Crippen molar-refractivity contribution >= 4 is 28.3 Å². The van der Waals surface area contributed by atoms with E-state index < -0.39 is 0 Å². The molecule has 3 rings (SSSR count). The van der Waals surface area contributed by atoms with Gasteiger partial charge in [0.25, 0.3) is 5.91 Å².